The SMILES string of the molecule is Cc1ccc(C(C)(C)C(=O)NCC2CCCN2)cc1. The molecule has 1 amide bonds. The lowest BCUT2D eigenvalue weighted by Gasteiger charge is -2.25. The van der Waals surface area contributed by atoms with Crippen molar-refractivity contribution in [2.75, 3.05) is 13.1 Å². The maximum atomic E-state index is 12.4. The van der Waals surface area contributed by atoms with Gasteiger partial charge >= 0.3 is 0 Å². The van der Waals surface area contributed by atoms with Gasteiger partial charge in [0.15, 0.2) is 0 Å². The number of nitrogens with one attached hydrogen (secondary N) is 2. The van der Waals surface area contributed by atoms with Crippen LogP contribution in [0.4, 0.5) is 0 Å². The zero-order chi connectivity index (χ0) is 13.9. The number of rotatable bonds is 4. The molecule has 19 heavy (non-hydrogen) atoms. The second kappa shape index (κ2) is 5.74. The summed E-state index contributed by atoms with van der Waals surface area (Å²) in [7, 11) is 0. The molecule has 1 aliphatic heterocycles. The van der Waals surface area contributed by atoms with Gasteiger partial charge in [0.05, 0.1) is 5.41 Å². The average Bonchev–Trinajstić information content (AvgIpc) is 2.89. The molecule has 0 aromatic heterocycles. The lowest BCUT2D eigenvalue weighted by atomic mass is 9.83. The van der Waals surface area contributed by atoms with E-state index >= 15 is 0 Å². The van der Waals surface area contributed by atoms with Gasteiger partial charge in [0.2, 0.25) is 5.91 Å². The molecule has 1 heterocycles. The van der Waals surface area contributed by atoms with E-state index in [0.29, 0.717) is 6.04 Å². The van der Waals surface area contributed by atoms with Crippen LogP contribution in [0.1, 0.15) is 37.8 Å². The summed E-state index contributed by atoms with van der Waals surface area (Å²) in [6.07, 6.45) is 2.37. The van der Waals surface area contributed by atoms with Gasteiger partial charge in [-0.05, 0) is 45.7 Å². The molecule has 1 unspecified atom stereocenters. The standard InChI is InChI=1S/C16H24N2O/c1-12-6-8-13(9-7-12)16(2,3)15(19)18-11-14-5-4-10-17-14/h6-9,14,17H,4-5,10-11H2,1-3H3,(H,18,19). The monoisotopic (exact) mass is 260 g/mol. The van der Waals surface area contributed by atoms with Crippen LogP contribution >= 0.6 is 0 Å². The van der Waals surface area contributed by atoms with Crippen LogP contribution < -0.4 is 10.6 Å². The maximum Gasteiger partial charge on any atom is 0.230 e. The summed E-state index contributed by atoms with van der Waals surface area (Å²) in [6, 6.07) is 8.65. The van der Waals surface area contributed by atoms with E-state index in [1.54, 1.807) is 0 Å². The average molecular weight is 260 g/mol. The number of hydrogen-bond donors (Lipinski definition) is 2. The number of aryl methyl sites for hydroxylation is 1. The lowest BCUT2D eigenvalue weighted by Crippen LogP contribution is -2.45. The van der Waals surface area contributed by atoms with Crippen molar-refractivity contribution in [3.05, 3.63) is 35.4 Å². The Hall–Kier alpha value is -1.35. The van der Waals surface area contributed by atoms with Crippen LogP contribution in [0.15, 0.2) is 24.3 Å². The Morgan fingerprint density at radius 3 is 2.63 bits per heavy atom. The molecule has 0 bridgehead atoms. The number of benzene rings is 1. The second-order valence-corrected chi connectivity index (χ2v) is 5.99. The van der Waals surface area contributed by atoms with Crippen LogP contribution in [0, 0.1) is 6.92 Å². The maximum absolute atomic E-state index is 12.4. The van der Waals surface area contributed by atoms with Gasteiger partial charge in [-0.1, -0.05) is 29.8 Å². The molecule has 0 saturated carbocycles. The van der Waals surface area contributed by atoms with E-state index in [-0.39, 0.29) is 5.91 Å². The normalized spacial score (nSPS) is 19.4. The molecule has 2 N–H and O–H groups in total. The highest BCUT2D eigenvalue weighted by Gasteiger charge is 2.30. The summed E-state index contributed by atoms with van der Waals surface area (Å²) < 4.78 is 0. The largest absolute Gasteiger partial charge is 0.354 e. The van der Waals surface area contributed by atoms with Crippen LogP contribution in [0.3, 0.4) is 0 Å². The topological polar surface area (TPSA) is 41.1 Å². The van der Waals surface area contributed by atoms with Gasteiger partial charge in [0, 0.05) is 12.6 Å². The predicted octanol–water partition coefficient (Wildman–Crippen LogP) is 2.14. The molecular formula is C16H24N2O. The van der Waals surface area contributed by atoms with Crippen molar-refractivity contribution in [2.24, 2.45) is 0 Å². The van der Waals surface area contributed by atoms with Crippen molar-refractivity contribution in [1.29, 1.82) is 0 Å². The molecular weight excluding hydrogens is 236 g/mol. The number of carbonyl (C=O) groups excluding carboxylic acids is 1. The summed E-state index contributed by atoms with van der Waals surface area (Å²) in [4.78, 5) is 12.4. The van der Waals surface area contributed by atoms with Crippen molar-refractivity contribution in [2.45, 2.75) is 45.1 Å². The van der Waals surface area contributed by atoms with Crippen LogP contribution in [-0.2, 0) is 10.2 Å². The summed E-state index contributed by atoms with van der Waals surface area (Å²) in [6.45, 7) is 7.82. The van der Waals surface area contributed by atoms with Gasteiger partial charge in [0.1, 0.15) is 0 Å². The molecule has 1 aliphatic rings. The third-order valence-electron chi connectivity index (χ3n) is 4.01. The van der Waals surface area contributed by atoms with Gasteiger partial charge in [-0.3, -0.25) is 4.79 Å². The van der Waals surface area contributed by atoms with Gasteiger partial charge in [-0.15, -0.1) is 0 Å². The Bertz CT molecular complexity index is 431. The molecule has 2 rings (SSSR count). The van der Waals surface area contributed by atoms with E-state index in [9.17, 15) is 4.79 Å². The fraction of sp³-hybridized carbons (Fsp3) is 0.562. The third kappa shape index (κ3) is 3.35. The summed E-state index contributed by atoms with van der Waals surface area (Å²) in [5, 5.41) is 6.47. The minimum atomic E-state index is -0.480. The van der Waals surface area contributed by atoms with Crippen molar-refractivity contribution < 1.29 is 4.79 Å². The number of hydrogen-bond acceptors (Lipinski definition) is 2. The minimum absolute atomic E-state index is 0.102. The first-order valence-corrected chi connectivity index (χ1v) is 7.09. The van der Waals surface area contributed by atoms with Gasteiger partial charge < -0.3 is 10.6 Å². The zero-order valence-electron chi connectivity index (χ0n) is 12.1. The van der Waals surface area contributed by atoms with Crippen molar-refractivity contribution in [3.63, 3.8) is 0 Å². The van der Waals surface area contributed by atoms with E-state index in [4.69, 9.17) is 0 Å². The molecule has 1 saturated heterocycles. The van der Waals surface area contributed by atoms with Crippen molar-refractivity contribution >= 4 is 5.91 Å². The van der Waals surface area contributed by atoms with Gasteiger partial charge in [-0.25, -0.2) is 0 Å². The quantitative estimate of drug-likeness (QED) is 0.871. The van der Waals surface area contributed by atoms with E-state index in [0.717, 1.165) is 25.1 Å². The first-order valence-electron chi connectivity index (χ1n) is 7.09. The molecule has 1 fully saturated rings. The molecule has 1 aromatic carbocycles. The summed E-state index contributed by atoms with van der Waals surface area (Å²) in [5.41, 5.74) is 1.80. The highest BCUT2D eigenvalue weighted by Crippen LogP contribution is 2.23. The zero-order valence-corrected chi connectivity index (χ0v) is 12.1. The third-order valence-corrected chi connectivity index (χ3v) is 4.01. The van der Waals surface area contributed by atoms with E-state index in [1.807, 2.05) is 26.0 Å². The Morgan fingerprint density at radius 2 is 2.05 bits per heavy atom. The van der Waals surface area contributed by atoms with Crippen LogP contribution in [0.25, 0.3) is 0 Å². The Labute approximate surface area is 115 Å². The van der Waals surface area contributed by atoms with E-state index in [2.05, 4.69) is 29.7 Å². The van der Waals surface area contributed by atoms with E-state index in [1.165, 1.54) is 12.0 Å². The highest BCUT2D eigenvalue weighted by molar-refractivity contribution is 5.87. The molecule has 1 atom stereocenters. The van der Waals surface area contributed by atoms with Gasteiger partial charge in [-0.2, -0.15) is 0 Å². The molecule has 3 nitrogen and oxygen atoms in total. The fourth-order valence-corrected chi connectivity index (χ4v) is 2.47. The second-order valence-electron chi connectivity index (χ2n) is 5.99. The number of carbonyl (C=O) groups is 1. The smallest absolute Gasteiger partial charge is 0.230 e. The molecule has 0 radical (unpaired) electrons. The van der Waals surface area contributed by atoms with Gasteiger partial charge in [0.25, 0.3) is 0 Å². The Morgan fingerprint density at radius 1 is 1.37 bits per heavy atom. The van der Waals surface area contributed by atoms with E-state index < -0.39 is 5.41 Å². The highest BCUT2D eigenvalue weighted by atomic mass is 16.2. The van der Waals surface area contributed by atoms with Crippen LogP contribution in [0.5, 0.6) is 0 Å². The van der Waals surface area contributed by atoms with Crippen LogP contribution in [-0.4, -0.2) is 25.0 Å². The molecule has 104 valence electrons. The summed E-state index contributed by atoms with van der Waals surface area (Å²) in [5.74, 6) is 0.102. The predicted molar refractivity (Wildman–Crippen MR) is 78.2 cm³/mol. The molecule has 3 heteroatoms. The molecule has 0 spiro atoms. The first-order chi connectivity index (χ1) is 9.00. The summed E-state index contributed by atoms with van der Waals surface area (Å²) >= 11 is 0. The fourth-order valence-electron chi connectivity index (χ4n) is 2.47. The molecule has 0 aliphatic carbocycles. The van der Waals surface area contributed by atoms with Crippen molar-refractivity contribution in [1.82, 2.24) is 10.6 Å². The Balaban J connectivity index is 1.97. The molecule has 1 aromatic rings. The van der Waals surface area contributed by atoms with Crippen molar-refractivity contribution in [3.8, 4) is 0 Å². The number of amides is 1. The van der Waals surface area contributed by atoms with Crippen LogP contribution in [0.2, 0.25) is 0 Å². The minimum Gasteiger partial charge on any atom is -0.354 e. The first kappa shape index (κ1) is 14.1. The lowest BCUT2D eigenvalue weighted by molar-refractivity contribution is -0.125. The Kier molecular flexibility index (Phi) is 4.25.